The van der Waals surface area contributed by atoms with Crippen LogP contribution in [0.4, 0.5) is 0 Å². The molecule has 0 fully saturated rings. The van der Waals surface area contributed by atoms with Gasteiger partial charge in [0.05, 0.1) is 0 Å². The summed E-state index contributed by atoms with van der Waals surface area (Å²) in [6.45, 7) is 44.2. The first kappa shape index (κ1) is 92.3. The maximum absolute atomic E-state index is 5.03. The SMILES string of the molecule is CC[C]1([Ge]([c]2ccccc2)([c]2ccccc2)[C]2(CC)c3cc(-c4ccc5c(c4)-c4ccccc4C5(CCC(C)C)CCC(C)C)ccc3-c3ccc(-c4ccc5c(c4)-c4ccccc4C5(CCC(C)C)CCC(C)C)cc32)c2cc(-c3ccc4c(c3)-c3ccccc3C4(CCC(C)C)CCC(C)C)ccc2-c2ccc(-c3ccc4c(c3)-c3ccccc3C4(CCC(C)C)CCC(C)C)cc21. The van der Waals surface area contributed by atoms with E-state index in [1.54, 1.807) is 0 Å². The van der Waals surface area contributed by atoms with Crippen LogP contribution in [-0.4, -0.2) is 13.3 Å². The van der Waals surface area contributed by atoms with Crippen molar-refractivity contribution in [3.05, 3.63) is 370 Å². The van der Waals surface area contributed by atoms with Gasteiger partial charge in [0.15, 0.2) is 0 Å². The Hall–Kier alpha value is -10.4. The molecule has 6 aliphatic rings. The Morgan fingerprint density at radius 1 is 0.170 bits per heavy atom. The predicted molar refractivity (Wildman–Crippen MR) is 583 cm³/mol. The number of hydrogen-bond acceptors (Lipinski definition) is 0. The monoisotopic (exact) mass is 1830 g/mol. The molecule has 0 amide bonds. The van der Waals surface area contributed by atoms with E-state index in [1.807, 2.05) is 0 Å². The Bertz CT molecular complexity index is 5950. The maximum atomic E-state index is 2.82. The molecule has 14 aromatic rings. The van der Waals surface area contributed by atoms with Gasteiger partial charge < -0.3 is 0 Å². The normalized spacial score (nSPS) is 15.7. The summed E-state index contributed by atoms with van der Waals surface area (Å²) >= 11 is -5.03. The van der Waals surface area contributed by atoms with Gasteiger partial charge in [0.1, 0.15) is 0 Å². The van der Waals surface area contributed by atoms with Crippen molar-refractivity contribution in [3.8, 4) is 111 Å². The fraction of sp³-hybridized carbons (Fsp3) is 0.373. The van der Waals surface area contributed by atoms with Gasteiger partial charge in [-0.1, -0.05) is 111 Å². The standard InChI is InChI=1S/C134H148Ge/c1-19-133(125-83-99(95-51-59-121-113(79-95)105-39-27-31-43-117(105)129(121,71-63-87(3)4)72-64-88(5)6)47-55-109(125)110-56-48-100(84-126(110)133)96-52-60-122-114(80-96)106-40-28-32-44-118(106)130(122,73-65-89(7)8)74-66-90(9)10)135(103-35-23-21-24-36-103,104-37-25-22-26-38-104)134(20-2)127-85-101(97-53-61-123-115(81-97)107-41-29-33-45-119(107)131(123,75-67-91(11)12)76-68-92(13)14)49-57-111(127)112-58-50-102(86-128(112)134)98-54-62-124-116(82-98)108-42-30-34-46-120(108)132(124,77-69-93(15)16)78-70-94(17)18/h21-62,79-94H,19-20,63-78H2,1-18H3. The summed E-state index contributed by atoms with van der Waals surface area (Å²) < 4.78 is 1.77. The summed E-state index contributed by atoms with van der Waals surface area (Å²) in [7, 11) is 0. The van der Waals surface area contributed by atoms with E-state index >= 15 is 0 Å². The molecule has 0 nitrogen and oxygen atoms in total. The van der Waals surface area contributed by atoms with E-state index in [2.05, 4.69) is 428 Å². The van der Waals surface area contributed by atoms with Gasteiger partial charge >= 0.3 is 710 Å². The van der Waals surface area contributed by atoms with E-state index in [0.717, 1.165) is 64.2 Å². The average molecular weight is 1830 g/mol. The molecule has 0 spiro atoms. The molecule has 0 atom stereocenters. The second-order valence-electron chi connectivity index (χ2n) is 46.1. The number of fused-ring (bicyclic) bond motifs is 18. The van der Waals surface area contributed by atoms with Crippen molar-refractivity contribution in [2.45, 2.75) is 270 Å². The van der Waals surface area contributed by atoms with E-state index < -0.39 is 21.8 Å². The van der Waals surface area contributed by atoms with Crippen LogP contribution < -0.4 is 8.79 Å². The van der Waals surface area contributed by atoms with Crippen molar-refractivity contribution in [2.24, 2.45) is 47.3 Å². The molecular formula is C134H148Ge. The molecular weight excluding hydrogens is 1680 g/mol. The van der Waals surface area contributed by atoms with E-state index in [0.29, 0.717) is 47.3 Å². The van der Waals surface area contributed by atoms with Crippen LogP contribution in [0.3, 0.4) is 0 Å². The third kappa shape index (κ3) is 15.0. The molecule has 688 valence electrons. The first-order valence-electron chi connectivity index (χ1n) is 53.0. The summed E-state index contributed by atoms with van der Waals surface area (Å²) in [5.74, 6) is 4.81. The van der Waals surface area contributed by atoms with Crippen LogP contribution in [0.15, 0.2) is 303 Å². The Morgan fingerprint density at radius 3 is 0.541 bits per heavy atom. The van der Waals surface area contributed by atoms with Gasteiger partial charge in [0.25, 0.3) is 0 Å². The van der Waals surface area contributed by atoms with Gasteiger partial charge in [-0.2, -0.15) is 0 Å². The van der Waals surface area contributed by atoms with E-state index in [4.69, 9.17) is 0 Å². The summed E-state index contributed by atoms with van der Waals surface area (Å²) in [6.07, 6.45) is 20.4. The van der Waals surface area contributed by atoms with Gasteiger partial charge in [-0.15, -0.1) is 0 Å². The third-order valence-corrected chi connectivity index (χ3v) is 49.0. The van der Waals surface area contributed by atoms with Gasteiger partial charge in [0.2, 0.25) is 0 Å². The van der Waals surface area contributed by atoms with Crippen molar-refractivity contribution >= 4 is 22.1 Å². The zero-order valence-electron chi connectivity index (χ0n) is 84.7. The quantitative estimate of drug-likeness (QED) is 0.0353. The first-order valence-corrected chi connectivity index (χ1v) is 57.2. The molecule has 0 radical (unpaired) electrons. The fourth-order valence-electron chi connectivity index (χ4n) is 28.0. The molecule has 14 aromatic carbocycles. The molecule has 1 heteroatoms. The Balaban J connectivity index is 0.882. The summed E-state index contributed by atoms with van der Waals surface area (Å²) in [6, 6.07) is 127. The Kier molecular flexibility index (Phi) is 25.0. The summed E-state index contributed by atoms with van der Waals surface area (Å²) in [5.41, 5.74) is 45.1. The molecule has 0 unspecified atom stereocenters. The van der Waals surface area contributed by atoms with E-state index in [1.165, 1.54) is 238 Å². The second-order valence-corrected chi connectivity index (χ2v) is 55.2. The minimum atomic E-state index is -5.03. The summed E-state index contributed by atoms with van der Waals surface area (Å²) in [4.78, 5) is 0. The van der Waals surface area contributed by atoms with Crippen LogP contribution in [0, 0.1) is 47.3 Å². The topological polar surface area (TPSA) is 0 Å². The molecule has 0 aromatic heterocycles. The molecule has 0 N–H and O–H groups in total. The molecule has 6 aliphatic carbocycles. The van der Waals surface area contributed by atoms with Crippen LogP contribution in [0.1, 0.15) is 307 Å². The van der Waals surface area contributed by atoms with Crippen molar-refractivity contribution in [1.29, 1.82) is 0 Å². The molecule has 0 heterocycles. The van der Waals surface area contributed by atoms with Crippen molar-refractivity contribution in [3.63, 3.8) is 0 Å². The van der Waals surface area contributed by atoms with Gasteiger partial charge in [-0.25, -0.2) is 0 Å². The second kappa shape index (κ2) is 36.5. The van der Waals surface area contributed by atoms with Crippen molar-refractivity contribution in [1.82, 2.24) is 0 Å². The number of hydrogen-bond donors (Lipinski definition) is 0. The van der Waals surface area contributed by atoms with Gasteiger partial charge in [0, 0.05) is 0 Å². The van der Waals surface area contributed by atoms with E-state index in [-0.39, 0.29) is 21.7 Å². The average Bonchev–Trinajstić information content (AvgIpc) is 1.49. The molecule has 0 saturated carbocycles. The predicted octanol–water partition coefficient (Wildman–Crippen LogP) is 36.3. The number of benzene rings is 14. The Morgan fingerprint density at radius 2 is 0.341 bits per heavy atom. The van der Waals surface area contributed by atoms with Crippen molar-refractivity contribution in [2.75, 3.05) is 0 Å². The van der Waals surface area contributed by atoms with Gasteiger partial charge in [-0.05, 0) is 0 Å². The van der Waals surface area contributed by atoms with Crippen LogP contribution in [0.5, 0.6) is 0 Å². The van der Waals surface area contributed by atoms with E-state index in [9.17, 15) is 0 Å². The van der Waals surface area contributed by atoms with Crippen LogP contribution in [-0.2, 0) is 30.2 Å². The fourth-order valence-corrected chi connectivity index (χ4v) is 44.7. The third-order valence-electron chi connectivity index (χ3n) is 34.8. The van der Waals surface area contributed by atoms with Gasteiger partial charge in [-0.3, -0.25) is 0 Å². The van der Waals surface area contributed by atoms with Crippen LogP contribution in [0.25, 0.3) is 111 Å². The summed E-state index contributed by atoms with van der Waals surface area (Å²) in [5, 5.41) is 0. The number of rotatable bonds is 34. The zero-order valence-corrected chi connectivity index (χ0v) is 86.8. The molecule has 0 bridgehead atoms. The molecule has 0 saturated heterocycles. The van der Waals surface area contributed by atoms with Crippen LogP contribution in [0.2, 0.25) is 0 Å². The van der Waals surface area contributed by atoms with Crippen molar-refractivity contribution < 1.29 is 0 Å². The molecule has 135 heavy (non-hydrogen) atoms. The zero-order chi connectivity index (χ0) is 93.8. The first-order chi connectivity index (χ1) is 65.3. The minimum absolute atomic E-state index is 0.0580. The molecule has 0 aliphatic heterocycles. The Labute approximate surface area is 814 Å². The molecule has 20 rings (SSSR count). The van der Waals surface area contributed by atoms with Crippen LogP contribution >= 0.6 is 0 Å².